The summed E-state index contributed by atoms with van der Waals surface area (Å²) < 4.78 is 7.45. The number of carbonyl (C=O) groups excluding carboxylic acids is 1. The van der Waals surface area contributed by atoms with Gasteiger partial charge in [0.2, 0.25) is 0 Å². The minimum atomic E-state index is -0.409. The summed E-state index contributed by atoms with van der Waals surface area (Å²) in [7, 11) is 0. The van der Waals surface area contributed by atoms with Gasteiger partial charge in [0.15, 0.2) is 0 Å². The number of hydrogen-bond acceptors (Lipinski definition) is 2. The lowest BCUT2D eigenvalue weighted by Crippen LogP contribution is -2.35. The first-order chi connectivity index (χ1) is 12.9. The normalized spacial score (nSPS) is 18.2. The molecule has 0 bridgehead atoms. The van der Waals surface area contributed by atoms with Crippen molar-refractivity contribution in [2.24, 2.45) is 0 Å². The molecule has 140 valence electrons. The first-order valence-electron chi connectivity index (χ1n) is 8.73. The van der Waals surface area contributed by atoms with Gasteiger partial charge >= 0.3 is 5.97 Å². The van der Waals surface area contributed by atoms with Gasteiger partial charge in [-0.2, -0.15) is 0 Å². The van der Waals surface area contributed by atoms with E-state index in [9.17, 15) is 4.79 Å². The number of ether oxygens (including phenoxy) is 1. The molecule has 1 aliphatic rings. The Balaban J connectivity index is 1.87. The number of fused-ring (bicyclic) bond motifs is 5. The van der Waals surface area contributed by atoms with Gasteiger partial charge in [-0.3, -0.25) is 4.79 Å². The fraction of sp³-hybridized carbons (Fsp3) is 0.286. The van der Waals surface area contributed by atoms with E-state index in [2.05, 4.69) is 29.7 Å². The second-order valence-corrected chi connectivity index (χ2v) is 8.35. The Bertz CT molecular complexity index is 1040. The highest BCUT2D eigenvalue weighted by Crippen LogP contribution is 2.46. The number of halogens is 3. The number of benzene rings is 2. The Hall–Kier alpha value is -1.68. The zero-order chi connectivity index (χ0) is 19.2. The third kappa shape index (κ3) is 3.22. The van der Waals surface area contributed by atoms with Gasteiger partial charge in [-0.1, -0.05) is 54.4 Å². The molecule has 1 atom stereocenters. The molecule has 3 aromatic rings. The van der Waals surface area contributed by atoms with Crippen molar-refractivity contribution in [3.63, 3.8) is 0 Å². The van der Waals surface area contributed by atoms with Crippen LogP contribution >= 0.6 is 34.8 Å². The van der Waals surface area contributed by atoms with Crippen LogP contribution in [0.25, 0.3) is 22.2 Å². The lowest BCUT2D eigenvalue weighted by atomic mass is 9.74. The van der Waals surface area contributed by atoms with Crippen molar-refractivity contribution >= 4 is 51.7 Å². The molecule has 1 unspecified atom stereocenters. The van der Waals surface area contributed by atoms with Gasteiger partial charge in [-0.25, -0.2) is 0 Å². The molecule has 0 aliphatic carbocycles. The number of alkyl halides is 1. The van der Waals surface area contributed by atoms with E-state index in [0.29, 0.717) is 22.5 Å². The molecule has 1 aliphatic heterocycles. The lowest BCUT2D eigenvalue weighted by Gasteiger charge is -2.37. The second-order valence-electron chi connectivity index (χ2n) is 7.13. The Kier molecular flexibility index (Phi) is 4.87. The first-order valence-corrected chi connectivity index (χ1v) is 10.0. The van der Waals surface area contributed by atoms with Gasteiger partial charge in [-0.15, -0.1) is 11.6 Å². The minimum absolute atomic E-state index is 0.223. The van der Waals surface area contributed by atoms with Crippen molar-refractivity contribution < 1.29 is 9.53 Å². The van der Waals surface area contributed by atoms with Crippen LogP contribution in [-0.4, -0.2) is 23.0 Å². The molecule has 0 saturated heterocycles. The van der Waals surface area contributed by atoms with Gasteiger partial charge in [-0.05, 0) is 23.8 Å². The maximum Gasteiger partial charge on any atom is 0.306 e. The summed E-state index contributed by atoms with van der Waals surface area (Å²) in [5.74, 6) is 0.0477. The summed E-state index contributed by atoms with van der Waals surface area (Å²) in [5, 5.41) is 2.18. The van der Waals surface area contributed by atoms with Crippen LogP contribution in [0.1, 0.15) is 18.9 Å². The number of aromatic nitrogens is 1. The highest BCUT2D eigenvalue weighted by Gasteiger charge is 2.38. The van der Waals surface area contributed by atoms with E-state index in [0.717, 1.165) is 27.7 Å². The quantitative estimate of drug-likeness (QED) is 0.378. The van der Waals surface area contributed by atoms with Crippen LogP contribution in [0.2, 0.25) is 10.0 Å². The van der Waals surface area contributed by atoms with Gasteiger partial charge in [0.1, 0.15) is 6.61 Å². The third-order valence-corrected chi connectivity index (χ3v) is 5.86. The minimum Gasteiger partial charge on any atom is -0.464 e. The maximum absolute atomic E-state index is 12.4. The van der Waals surface area contributed by atoms with Crippen molar-refractivity contribution in [2.75, 3.05) is 12.5 Å². The smallest absolute Gasteiger partial charge is 0.306 e. The zero-order valence-corrected chi connectivity index (χ0v) is 17.0. The number of hydrogen-bond donors (Lipinski definition) is 0. The van der Waals surface area contributed by atoms with Gasteiger partial charge < -0.3 is 9.30 Å². The molecule has 0 spiro atoms. The average molecular weight is 423 g/mol. The molecule has 3 nitrogen and oxygen atoms in total. The molecule has 1 aromatic heterocycles. The van der Waals surface area contributed by atoms with Crippen molar-refractivity contribution in [3.8, 4) is 11.3 Å². The highest BCUT2D eigenvalue weighted by molar-refractivity contribution is 6.38. The second kappa shape index (κ2) is 7.05. The number of carbonyl (C=O) groups is 1. The van der Waals surface area contributed by atoms with E-state index in [1.807, 2.05) is 18.2 Å². The van der Waals surface area contributed by atoms with Gasteiger partial charge in [0.25, 0.3) is 0 Å². The molecular formula is C21H18Cl3NO2. The highest BCUT2D eigenvalue weighted by atomic mass is 35.5. The molecule has 4 rings (SSSR count). The van der Waals surface area contributed by atoms with Crippen LogP contribution in [0.3, 0.4) is 0 Å². The summed E-state index contributed by atoms with van der Waals surface area (Å²) in [5.41, 5.74) is 3.87. The van der Waals surface area contributed by atoms with E-state index in [1.54, 1.807) is 6.07 Å². The monoisotopic (exact) mass is 421 g/mol. The molecule has 0 saturated carbocycles. The number of nitrogens with zero attached hydrogens (tertiary/aromatic N) is 1. The van der Waals surface area contributed by atoms with E-state index in [1.165, 1.54) is 0 Å². The van der Waals surface area contributed by atoms with Crippen LogP contribution in [0.5, 0.6) is 0 Å². The fourth-order valence-electron chi connectivity index (χ4n) is 4.02. The van der Waals surface area contributed by atoms with Crippen molar-refractivity contribution in [1.29, 1.82) is 0 Å². The standard InChI is InChI=1S/C21H18Cl3NO2/c1-21(11-20(26)27-7-6-22)12-25-18-9-13(23)8-17(24)15(18)10-19(25)14-4-2-3-5-16(14)21/h2-5,8-10H,6-7,11-12H2,1H3. The van der Waals surface area contributed by atoms with Crippen LogP contribution in [0.4, 0.5) is 0 Å². The summed E-state index contributed by atoms with van der Waals surface area (Å²) in [6.07, 6.45) is 0.272. The van der Waals surface area contributed by atoms with Gasteiger partial charge in [0, 0.05) is 33.6 Å². The van der Waals surface area contributed by atoms with E-state index >= 15 is 0 Å². The summed E-state index contributed by atoms with van der Waals surface area (Å²) >= 11 is 18.3. The Morgan fingerprint density at radius 1 is 1.22 bits per heavy atom. The van der Waals surface area contributed by atoms with E-state index in [4.69, 9.17) is 39.5 Å². The van der Waals surface area contributed by atoms with Crippen LogP contribution < -0.4 is 0 Å². The molecule has 0 radical (unpaired) electrons. The summed E-state index contributed by atoms with van der Waals surface area (Å²) in [4.78, 5) is 12.4. The van der Waals surface area contributed by atoms with Crippen LogP contribution in [0, 0.1) is 0 Å². The molecule has 2 aromatic carbocycles. The molecule has 0 N–H and O–H groups in total. The number of esters is 1. The topological polar surface area (TPSA) is 31.2 Å². The van der Waals surface area contributed by atoms with Crippen LogP contribution in [-0.2, 0) is 21.5 Å². The molecule has 0 fully saturated rings. The maximum atomic E-state index is 12.4. The van der Waals surface area contributed by atoms with Gasteiger partial charge in [0.05, 0.1) is 22.8 Å². The molecule has 2 heterocycles. The molecule has 6 heteroatoms. The fourth-order valence-corrected chi connectivity index (χ4v) is 4.63. The number of rotatable bonds is 4. The largest absolute Gasteiger partial charge is 0.464 e. The first kappa shape index (κ1) is 18.7. The molecular weight excluding hydrogens is 405 g/mol. The predicted molar refractivity (Wildman–Crippen MR) is 111 cm³/mol. The SMILES string of the molecule is CC1(CC(=O)OCCCl)Cn2c(cc3c(Cl)cc(Cl)cc32)-c2ccccc21. The van der Waals surface area contributed by atoms with Crippen molar-refractivity contribution in [2.45, 2.75) is 25.3 Å². The predicted octanol–water partition coefficient (Wildman–Crippen LogP) is 6.06. The van der Waals surface area contributed by atoms with Crippen molar-refractivity contribution in [1.82, 2.24) is 4.57 Å². The summed E-state index contributed by atoms with van der Waals surface area (Å²) in [6, 6.07) is 13.9. The molecule has 0 amide bonds. The Morgan fingerprint density at radius 3 is 2.78 bits per heavy atom. The Labute approximate surface area is 172 Å². The zero-order valence-electron chi connectivity index (χ0n) is 14.8. The van der Waals surface area contributed by atoms with Crippen molar-refractivity contribution in [3.05, 3.63) is 58.1 Å². The van der Waals surface area contributed by atoms with E-state index < -0.39 is 5.41 Å². The third-order valence-electron chi connectivity index (χ3n) is 5.17. The average Bonchev–Trinajstić information content (AvgIpc) is 2.99. The van der Waals surface area contributed by atoms with Crippen LogP contribution in [0.15, 0.2) is 42.5 Å². The Morgan fingerprint density at radius 2 is 2.00 bits per heavy atom. The summed E-state index contributed by atoms with van der Waals surface area (Å²) in [6.45, 7) is 2.95. The van der Waals surface area contributed by atoms with E-state index in [-0.39, 0.29) is 19.0 Å². The molecule has 27 heavy (non-hydrogen) atoms. The lowest BCUT2D eigenvalue weighted by molar-refractivity contribution is -0.144.